The fourth-order valence-corrected chi connectivity index (χ4v) is 9.63. The topological polar surface area (TPSA) is 111 Å². The van der Waals surface area contributed by atoms with Crippen molar-refractivity contribution in [2.45, 2.75) is 58.8 Å². The second kappa shape index (κ2) is 15.7. The van der Waals surface area contributed by atoms with E-state index >= 15 is 0 Å². The van der Waals surface area contributed by atoms with Gasteiger partial charge < -0.3 is 33.5 Å². The van der Waals surface area contributed by atoms with Gasteiger partial charge in [0.15, 0.2) is 0 Å². The summed E-state index contributed by atoms with van der Waals surface area (Å²) in [6.45, 7) is 0. The molecular weight excluding hydrogens is 633 g/mol. The number of phosphoric ester groups is 1. The molecule has 10 heteroatoms. The number of phenols is 1. The third-order valence-electron chi connectivity index (χ3n) is 10.4. The van der Waals surface area contributed by atoms with Crippen molar-refractivity contribution in [3.05, 3.63) is 94.1 Å². The average Bonchev–Trinajstić information content (AvgIpc) is 2.96. The van der Waals surface area contributed by atoms with Crippen LogP contribution in [0.2, 0.25) is 0 Å². The van der Waals surface area contributed by atoms with Crippen molar-refractivity contribution in [1.29, 1.82) is 0 Å². The molecule has 4 saturated carbocycles. The number of hydrogen-bond acceptors (Lipinski definition) is 7. The molecule has 0 radical (unpaired) electrons. The fourth-order valence-electron chi connectivity index (χ4n) is 9.26. The smallest absolute Gasteiger partial charge is 0.780 e. The van der Waals surface area contributed by atoms with Crippen molar-refractivity contribution in [3.63, 3.8) is 0 Å². The standard InChI is InChI=1S/C18H21O5P.C18H20O2.CH4.2Na/c1-22-18(13-3-2-4-16(10-13)23-24(19,20)21)17-14-6-11-5-12(8-14)9-15(17)7-11;1-20-18(13-3-2-4-16(19)10-13)17-14-6-11-5-12(8-14)9-15(17)7-11;;;/h2-5,10-11,14-15H,6-9H2,1H3,(H2,19,20,21);2-5,10-11,14-15,19H,6-9H2,1H3;1H4;;/q;;;2*+1/p-2. The van der Waals surface area contributed by atoms with Crippen LogP contribution in [0.5, 0.6) is 11.5 Å². The molecule has 0 aliphatic heterocycles. The monoisotopic (exact) mass is 676 g/mol. The third-order valence-corrected chi connectivity index (χ3v) is 10.9. The molecule has 8 bridgehead atoms. The van der Waals surface area contributed by atoms with Gasteiger partial charge in [-0.25, -0.2) is 0 Å². The molecule has 4 unspecified atom stereocenters. The summed E-state index contributed by atoms with van der Waals surface area (Å²) in [7, 11) is -1.66. The summed E-state index contributed by atoms with van der Waals surface area (Å²) in [4.78, 5) is 21.7. The van der Waals surface area contributed by atoms with E-state index in [0.717, 1.165) is 54.2 Å². The largest absolute Gasteiger partial charge is 1.00 e. The minimum atomic E-state index is -5.06. The van der Waals surface area contributed by atoms with Crippen molar-refractivity contribution < 1.29 is 92.6 Å². The van der Waals surface area contributed by atoms with Gasteiger partial charge in [-0.2, -0.15) is 0 Å². The molecule has 8 aliphatic carbocycles. The maximum atomic E-state index is 10.9. The molecule has 0 aromatic heterocycles. The first-order chi connectivity index (χ1) is 21.2. The zero-order chi connectivity index (χ0) is 30.6. The summed E-state index contributed by atoms with van der Waals surface area (Å²) in [5.41, 5.74) is 7.87. The molecule has 8 aliphatic rings. The van der Waals surface area contributed by atoms with Crippen LogP contribution in [-0.2, 0) is 14.0 Å². The molecule has 0 amide bonds. The van der Waals surface area contributed by atoms with Gasteiger partial charge in [0.1, 0.15) is 30.8 Å². The Morgan fingerprint density at radius 3 is 1.53 bits per heavy atom. The summed E-state index contributed by atoms with van der Waals surface area (Å²) >= 11 is 0. The Kier molecular flexibility index (Phi) is 12.9. The number of allylic oxidation sites excluding steroid dienone is 6. The van der Waals surface area contributed by atoms with Crippen LogP contribution in [-0.4, -0.2) is 19.3 Å². The van der Waals surface area contributed by atoms with Gasteiger partial charge in [-0.1, -0.05) is 55.0 Å². The number of rotatable bonds is 6. The Morgan fingerprint density at radius 2 is 1.15 bits per heavy atom. The first-order valence-electron chi connectivity index (χ1n) is 15.7. The van der Waals surface area contributed by atoms with Crippen LogP contribution < -0.4 is 73.4 Å². The maximum Gasteiger partial charge on any atom is 1.00 e. The minimum Gasteiger partial charge on any atom is -0.780 e. The predicted molar refractivity (Wildman–Crippen MR) is 171 cm³/mol. The van der Waals surface area contributed by atoms with E-state index in [1.165, 1.54) is 42.9 Å². The second-order valence-electron chi connectivity index (χ2n) is 13.3. The summed E-state index contributed by atoms with van der Waals surface area (Å²) in [5.74, 6) is 5.98. The van der Waals surface area contributed by atoms with E-state index < -0.39 is 7.82 Å². The molecule has 4 atom stereocenters. The van der Waals surface area contributed by atoms with Gasteiger partial charge in [-0.3, -0.25) is 0 Å². The van der Waals surface area contributed by atoms with E-state index in [2.05, 4.69) is 16.7 Å². The van der Waals surface area contributed by atoms with Crippen LogP contribution in [0.4, 0.5) is 0 Å². The molecule has 47 heavy (non-hydrogen) atoms. The molecule has 7 nitrogen and oxygen atoms in total. The SMILES string of the molecule is C.COC(=C1C2CC3=CC(C2)CC1C3)c1cccc(O)c1.COC(=C1C2CC3=CC(C2)CC1C3)c1cccc(OP(=O)([O-])[O-])c1.[Na+].[Na+]. The van der Waals surface area contributed by atoms with Crippen molar-refractivity contribution in [2.75, 3.05) is 14.2 Å². The van der Waals surface area contributed by atoms with Gasteiger partial charge in [0.05, 0.1) is 14.2 Å². The van der Waals surface area contributed by atoms with Gasteiger partial charge in [-0.15, -0.1) is 0 Å². The number of hydrogen-bond donors (Lipinski definition) is 1. The van der Waals surface area contributed by atoms with Crippen LogP contribution in [0, 0.1) is 35.5 Å². The normalized spacial score (nSPS) is 27.1. The molecular formula is C37H43Na2O7P. The van der Waals surface area contributed by atoms with Crippen LogP contribution in [0.1, 0.15) is 69.9 Å². The maximum absolute atomic E-state index is 10.9. The number of aromatic hydroxyl groups is 1. The van der Waals surface area contributed by atoms with Crippen molar-refractivity contribution in [2.24, 2.45) is 35.5 Å². The summed E-state index contributed by atoms with van der Waals surface area (Å²) < 4.78 is 26.8. The first-order valence-corrected chi connectivity index (χ1v) is 17.2. The Bertz CT molecular complexity index is 1600. The quantitative estimate of drug-likeness (QED) is 0.213. The molecule has 2 aromatic rings. The summed E-state index contributed by atoms with van der Waals surface area (Å²) in [5, 5.41) is 9.72. The average molecular weight is 677 g/mol. The molecule has 0 saturated heterocycles. The first kappa shape index (κ1) is 38.6. The molecule has 4 fully saturated rings. The molecule has 0 spiro atoms. The van der Waals surface area contributed by atoms with Crippen LogP contribution in [0.15, 0.2) is 83.0 Å². The van der Waals surface area contributed by atoms with Gasteiger partial charge >= 0.3 is 59.1 Å². The summed E-state index contributed by atoms with van der Waals surface area (Å²) in [6.07, 6.45) is 14.5. The Balaban J connectivity index is 0.000000203. The van der Waals surface area contributed by atoms with E-state index in [1.807, 2.05) is 24.3 Å². The van der Waals surface area contributed by atoms with Crippen molar-refractivity contribution in [3.8, 4) is 11.5 Å². The van der Waals surface area contributed by atoms with Gasteiger partial charge in [0.2, 0.25) is 0 Å². The van der Waals surface area contributed by atoms with Gasteiger partial charge in [0, 0.05) is 11.1 Å². The summed E-state index contributed by atoms with van der Waals surface area (Å²) in [6, 6.07) is 14.0. The van der Waals surface area contributed by atoms with E-state index in [0.29, 0.717) is 35.3 Å². The van der Waals surface area contributed by atoms with E-state index in [9.17, 15) is 19.5 Å². The van der Waals surface area contributed by atoms with Crippen molar-refractivity contribution in [1.82, 2.24) is 0 Å². The predicted octanol–water partition coefficient (Wildman–Crippen LogP) is 1.40. The number of phosphoric acid groups is 1. The number of benzene rings is 2. The molecule has 1 N–H and O–H groups in total. The van der Waals surface area contributed by atoms with Gasteiger partial charge in [0.25, 0.3) is 0 Å². The van der Waals surface area contributed by atoms with Gasteiger partial charge in [-0.05, 0) is 122 Å². The zero-order valence-electron chi connectivity index (χ0n) is 27.2. The Morgan fingerprint density at radius 1 is 0.723 bits per heavy atom. The zero-order valence-corrected chi connectivity index (χ0v) is 32.1. The Hall–Kier alpha value is -1.25. The van der Waals surface area contributed by atoms with Crippen LogP contribution >= 0.6 is 7.82 Å². The van der Waals surface area contributed by atoms with E-state index in [-0.39, 0.29) is 72.3 Å². The molecule has 0 heterocycles. The third kappa shape index (κ3) is 8.22. The molecule has 2 aromatic carbocycles. The van der Waals surface area contributed by atoms with E-state index in [1.54, 1.807) is 43.6 Å². The van der Waals surface area contributed by atoms with Crippen LogP contribution in [0.25, 0.3) is 11.5 Å². The minimum absolute atomic E-state index is 0. The number of methoxy groups -OCH3 is 2. The van der Waals surface area contributed by atoms with E-state index in [4.69, 9.17) is 9.47 Å². The van der Waals surface area contributed by atoms with Crippen LogP contribution in [0.3, 0.4) is 0 Å². The molecule has 10 rings (SSSR count). The second-order valence-corrected chi connectivity index (χ2v) is 14.4. The molecule has 240 valence electrons. The number of phenolic OH excluding ortho intramolecular Hbond substituents is 1. The van der Waals surface area contributed by atoms with Crippen molar-refractivity contribution >= 4 is 19.3 Å². The number of ether oxygens (including phenoxy) is 2. The fraction of sp³-hybridized carbons (Fsp3) is 0.459. The Labute approximate surface area is 323 Å².